The zero-order valence-corrected chi connectivity index (χ0v) is 13.7. The van der Waals surface area contributed by atoms with Crippen LogP contribution in [0.2, 0.25) is 5.02 Å². The van der Waals surface area contributed by atoms with E-state index >= 15 is 0 Å². The van der Waals surface area contributed by atoms with Crippen molar-refractivity contribution in [1.82, 2.24) is 5.32 Å². The molecule has 5 nitrogen and oxygen atoms in total. The Kier molecular flexibility index (Phi) is 3.55. The molecule has 3 atom stereocenters. The lowest BCUT2D eigenvalue weighted by Gasteiger charge is -2.27. The molecule has 4 rings (SSSR count). The molecule has 6 heteroatoms. The van der Waals surface area contributed by atoms with Gasteiger partial charge in [-0.2, -0.15) is 0 Å². The Morgan fingerprint density at radius 1 is 1.00 bits per heavy atom. The maximum Gasteiger partial charge on any atom is 0.259 e. The molecule has 1 N–H and O–H groups in total. The van der Waals surface area contributed by atoms with Gasteiger partial charge in [0.2, 0.25) is 5.91 Å². The number of hydrogen-bond acceptors (Lipinski definition) is 4. The summed E-state index contributed by atoms with van der Waals surface area (Å²) in [6.07, 6.45) is -0.806. The fourth-order valence-electron chi connectivity index (χ4n) is 3.25. The number of halogens is 1. The summed E-state index contributed by atoms with van der Waals surface area (Å²) in [5, 5.41) is 4.62. The topological polar surface area (TPSA) is 58.6 Å². The van der Waals surface area contributed by atoms with Crippen molar-refractivity contribution in [2.45, 2.75) is 19.1 Å². The van der Waals surface area contributed by atoms with Crippen LogP contribution < -0.4 is 10.4 Å². The first-order valence-electron chi connectivity index (χ1n) is 7.67. The average molecular weight is 343 g/mol. The molecule has 0 unspecified atom stereocenters. The summed E-state index contributed by atoms with van der Waals surface area (Å²) >= 11 is 5.95. The second-order valence-corrected chi connectivity index (χ2v) is 6.50. The number of rotatable bonds is 2. The Morgan fingerprint density at radius 3 is 2.33 bits per heavy atom. The van der Waals surface area contributed by atoms with Crippen LogP contribution in [0.25, 0.3) is 0 Å². The number of carbonyl (C=O) groups excluding carboxylic acids is 2. The second kappa shape index (κ2) is 5.61. The van der Waals surface area contributed by atoms with E-state index in [0.717, 1.165) is 16.8 Å². The molecule has 2 aliphatic heterocycles. The van der Waals surface area contributed by atoms with Crippen molar-refractivity contribution in [1.29, 1.82) is 0 Å². The fourth-order valence-corrected chi connectivity index (χ4v) is 3.37. The maximum atomic E-state index is 12.3. The van der Waals surface area contributed by atoms with Crippen LogP contribution in [-0.2, 0) is 14.4 Å². The first kappa shape index (κ1) is 15.2. The van der Waals surface area contributed by atoms with E-state index in [1.165, 1.54) is 0 Å². The molecule has 0 saturated carbocycles. The van der Waals surface area contributed by atoms with Crippen molar-refractivity contribution < 1.29 is 14.4 Å². The van der Waals surface area contributed by atoms with Crippen molar-refractivity contribution in [3.63, 3.8) is 0 Å². The van der Waals surface area contributed by atoms with Gasteiger partial charge < -0.3 is 0 Å². The van der Waals surface area contributed by atoms with E-state index in [-0.39, 0.29) is 11.9 Å². The van der Waals surface area contributed by atoms with E-state index in [9.17, 15) is 9.59 Å². The largest absolute Gasteiger partial charge is 0.294 e. The van der Waals surface area contributed by atoms with E-state index in [1.54, 1.807) is 17.2 Å². The third kappa shape index (κ3) is 2.37. The van der Waals surface area contributed by atoms with Gasteiger partial charge in [-0.25, -0.2) is 5.06 Å². The summed E-state index contributed by atoms with van der Waals surface area (Å²) in [6, 6.07) is 14.7. The number of nitrogens with one attached hydrogen (secondary N) is 1. The molecule has 0 spiro atoms. The molecule has 122 valence electrons. The predicted octanol–water partition coefficient (Wildman–Crippen LogP) is 2.78. The summed E-state index contributed by atoms with van der Waals surface area (Å²) in [7, 11) is 0. The lowest BCUT2D eigenvalue weighted by molar-refractivity contribution is -0.129. The number of fused-ring (bicyclic) bond motifs is 1. The molecule has 2 heterocycles. The van der Waals surface area contributed by atoms with Crippen LogP contribution in [0, 0.1) is 12.8 Å². The van der Waals surface area contributed by atoms with Gasteiger partial charge in [0.25, 0.3) is 5.91 Å². The number of nitrogens with zero attached hydrogens (tertiary/aromatic N) is 1. The number of amides is 2. The van der Waals surface area contributed by atoms with Gasteiger partial charge in [0.1, 0.15) is 5.92 Å². The minimum Gasteiger partial charge on any atom is -0.294 e. The summed E-state index contributed by atoms with van der Waals surface area (Å²) in [5.74, 6) is -1.26. The Morgan fingerprint density at radius 2 is 1.67 bits per heavy atom. The molecular weight excluding hydrogens is 328 g/mol. The number of imide groups is 1. The molecular formula is C18H15ClN2O3. The highest BCUT2D eigenvalue weighted by Gasteiger charge is 2.56. The first-order chi connectivity index (χ1) is 11.5. The molecule has 24 heavy (non-hydrogen) atoms. The highest BCUT2D eigenvalue weighted by Crippen LogP contribution is 2.44. The molecule has 0 aliphatic carbocycles. The Balaban J connectivity index is 1.79. The number of hydroxylamine groups is 1. The van der Waals surface area contributed by atoms with Crippen molar-refractivity contribution in [2.75, 3.05) is 5.06 Å². The molecule has 2 aliphatic rings. The van der Waals surface area contributed by atoms with Gasteiger partial charge in [0.05, 0.1) is 11.7 Å². The van der Waals surface area contributed by atoms with Crippen LogP contribution >= 0.6 is 11.6 Å². The Labute approximate surface area is 144 Å². The Hall–Kier alpha value is -2.37. The van der Waals surface area contributed by atoms with Crippen molar-refractivity contribution in [2.24, 2.45) is 5.92 Å². The highest BCUT2D eigenvalue weighted by molar-refractivity contribution is 6.30. The quantitative estimate of drug-likeness (QED) is 0.853. The van der Waals surface area contributed by atoms with Gasteiger partial charge in [0, 0.05) is 5.02 Å². The fraction of sp³-hybridized carbons (Fsp3) is 0.222. The molecule has 0 bridgehead atoms. The van der Waals surface area contributed by atoms with E-state index < -0.39 is 17.9 Å². The monoisotopic (exact) mass is 342 g/mol. The normalized spacial score (nSPS) is 25.8. The molecule has 2 amide bonds. The first-order valence-corrected chi connectivity index (χ1v) is 8.05. The van der Waals surface area contributed by atoms with Gasteiger partial charge in [-0.15, -0.1) is 0 Å². The third-order valence-corrected chi connectivity index (χ3v) is 4.71. The predicted molar refractivity (Wildman–Crippen MR) is 89.4 cm³/mol. The van der Waals surface area contributed by atoms with Crippen LogP contribution in [0.1, 0.15) is 17.2 Å². The van der Waals surface area contributed by atoms with Crippen LogP contribution in [0.4, 0.5) is 5.69 Å². The number of aryl methyl sites for hydroxylation is 1. The van der Waals surface area contributed by atoms with Gasteiger partial charge in [-0.1, -0.05) is 41.4 Å². The van der Waals surface area contributed by atoms with E-state index in [1.807, 2.05) is 43.3 Å². The SMILES string of the molecule is Cc1ccc([C@H]2[C@@H]3C(=O)NC(=O)[C@H]3ON2c2ccc(Cl)cc2)cc1. The second-order valence-electron chi connectivity index (χ2n) is 6.06. The zero-order valence-electron chi connectivity index (χ0n) is 12.9. The van der Waals surface area contributed by atoms with Crippen molar-refractivity contribution in [3.8, 4) is 0 Å². The van der Waals surface area contributed by atoms with Crippen molar-refractivity contribution in [3.05, 3.63) is 64.7 Å². The minimum absolute atomic E-state index is 0.299. The van der Waals surface area contributed by atoms with Gasteiger partial charge in [-0.3, -0.25) is 19.7 Å². The van der Waals surface area contributed by atoms with Gasteiger partial charge >= 0.3 is 0 Å². The maximum absolute atomic E-state index is 12.3. The van der Waals surface area contributed by atoms with E-state index in [0.29, 0.717) is 5.02 Å². The van der Waals surface area contributed by atoms with Gasteiger partial charge in [-0.05, 0) is 36.8 Å². The molecule has 0 radical (unpaired) electrons. The van der Waals surface area contributed by atoms with Crippen LogP contribution in [-0.4, -0.2) is 17.9 Å². The molecule has 2 fully saturated rings. The lowest BCUT2D eigenvalue weighted by Crippen LogP contribution is -2.33. The number of carbonyl (C=O) groups is 2. The highest BCUT2D eigenvalue weighted by atomic mass is 35.5. The van der Waals surface area contributed by atoms with Gasteiger partial charge in [0.15, 0.2) is 6.10 Å². The molecule has 0 aromatic heterocycles. The van der Waals surface area contributed by atoms with E-state index in [4.69, 9.17) is 16.4 Å². The zero-order chi connectivity index (χ0) is 16.8. The molecule has 2 aromatic carbocycles. The minimum atomic E-state index is -0.806. The van der Waals surface area contributed by atoms with Crippen LogP contribution in [0.15, 0.2) is 48.5 Å². The number of hydrogen-bond donors (Lipinski definition) is 1. The average Bonchev–Trinajstić information content (AvgIpc) is 3.08. The van der Waals surface area contributed by atoms with Crippen molar-refractivity contribution >= 4 is 29.1 Å². The summed E-state index contributed by atoms with van der Waals surface area (Å²) in [6.45, 7) is 2.00. The smallest absolute Gasteiger partial charge is 0.259 e. The number of anilines is 1. The molecule has 2 aromatic rings. The lowest BCUT2D eigenvalue weighted by atomic mass is 9.90. The standard InChI is InChI=1S/C18H15ClN2O3/c1-10-2-4-11(5-3-10)15-14-16(18(23)20-17(14)22)24-21(15)13-8-6-12(19)7-9-13/h2-9,14-16H,1H3,(H,20,22,23)/t14-,15-,16-/m0/s1. The Bertz CT molecular complexity index is 804. The summed E-state index contributed by atoms with van der Waals surface area (Å²) < 4.78 is 0. The summed E-state index contributed by atoms with van der Waals surface area (Å²) in [4.78, 5) is 30.2. The van der Waals surface area contributed by atoms with E-state index in [2.05, 4.69) is 5.32 Å². The summed E-state index contributed by atoms with van der Waals surface area (Å²) in [5.41, 5.74) is 2.80. The molecule has 2 saturated heterocycles. The third-order valence-electron chi connectivity index (χ3n) is 4.45. The number of benzene rings is 2. The van der Waals surface area contributed by atoms with Crippen LogP contribution in [0.5, 0.6) is 0 Å². The van der Waals surface area contributed by atoms with Crippen LogP contribution in [0.3, 0.4) is 0 Å².